The van der Waals surface area contributed by atoms with Crippen LogP contribution in [0.3, 0.4) is 0 Å². The monoisotopic (exact) mass is 459 g/mol. The van der Waals surface area contributed by atoms with Gasteiger partial charge in [-0.1, -0.05) is 66.2 Å². The Kier molecular flexibility index (Phi) is 4.99. The number of fused-ring (bicyclic) bond motifs is 5. The van der Waals surface area contributed by atoms with Crippen LogP contribution in [0, 0.1) is 5.82 Å². The normalized spacial score (nSPS) is 20.9. The van der Waals surface area contributed by atoms with E-state index in [1.54, 1.807) is 12.1 Å². The van der Waals surface area contributed by atoms with Crippen LogP contribution in [-0.4, -0.2) is 29.7 Å². The van der Waals surface area contributed by atoms with Crippen molar-refractivity contribution >= 4 is 23.3 Å². The van der Waals surface area contributed by atoms with Crippen molar-refractivity contribution in [2.75, 3.05) is 6.61 Å². The van der Waals surface area contributed by atoms with E-state index in [1.165, 1.54) is 28.3 Å². The summed E-state index contributed by atoms with van der Waals surface area (Å²) in [6.07, 6.45) is 4.08. The van der Waals surface area contributed by atoms with E-state index in [1.807, 2.05) is 35.2 Å². The van der Waals surface area contributed by atoms with Gasteiger partial charge in [0, 0.05) is 22.5 Å². The van der Waals surface area contributed by atoms with Gasteiger partial charge in [0.2, 0.25) is 0 Å². The average Bonchev–Trinajstić information content (AvgIpc) is 3.30. The minimum Gasteiger partial charge on any atom is -0.448 e. The van der Waals surface area contributed by atoms with E-state index >= 15 is 0 Å². The Bertz CT molecular complexity index is 1240. The predicted molar refractivity (Wildman–Crippen MR) is 128 cm³/mol. The van der Waals surface area contributed by atoms with Crippen molar-refractivity contribution in [2.24, 2.45) is 0 Å². The van der Waals surface area contributed by atoms with Crippen molar-refractivity contribution in [3.63, 3.8) is 0 Å². The molecule has 2 unspecified atom stereocenters. The summed E-state index contributed by atoms with van der Waals surface area (Å²) in [5, 5.41) is 0.513. The predicted octanol–water partition coefficient (Wildman–Crippen LogP) is 7.05. The fraction of sp³-hybridized carbons (Fsp3) is 0.250. The van der Waals surface area contributed by atoms with Crippen LogP contribution in [0.25, 0.3) is 16.7 Å². The Morgan fingerprint density at radius 2 is 1.67 bits per heavy atom. The summed E-state index contributed by atoms with van der Waals surface area (Å²) in [5.41, 5.74) is 6.28. The summed E-state index contributed by atoms with van der Waals surface area (Å²) in [4.78, 5) is 15.0. The number of amides is 1. The highest BCUT2D eigenvalue weighted by Crippen LogP contribution is 2.45. The zero-order valence-corrected chi connectivity index (χ0v) is 18.8. The number of ether oxygens (including phenoxy) is 1. The van der Waals surface area contributed by atoms with Crippen LogP contribution in [0.2, 0.25) is 5.02 Å². The minimum absolute atomic E-state index is 0.0176. The first kappa shape index (κ1) is 20.5. The van der Waals surface area contributed by atoms with Crippen LogP contribution in [0.4, 0.5) is 9.18 Å². The molecule has 1 amide bonds. The van der Waals surface area contributed by atoms with Crippen molar-refractivity contribution in [3.8, 4) is 11.1 Å². The Morgan fingerprint density at radius 3 is 2.36 bits per heavy atom. The van der Waals surface area contributed by atoms with Gasteiger partial charge in [-0.25, -0.2) is 9.18 Å². The van der Waals surface area contributed by atoms with Gasteiger partial charge in [-0.15, -0.1) is 0 Å². The molecule has 0 radical (unpaired) electrons. The lowest BCUT2D eigenvalue weighted by Crippen LogP contribution is -2.43. The quantitative estimate of drug-likeness (QED) is 0.420. The molecule has 3 nitrogen and oxygen atoms in total. The molecule has 166 valence electrons. The topological polar surface area (TPSA) is 29.5 Å². The molecular weight excluding hydrogens is 437 g/mol. The van der Waals surface area contributed by atoms with Gasteiger partial charge < -0.3 is 4.74 Å². The molecule has 3 aromatic rings. The second-order valence-electron chi connectivity index (χ2n) is 9.03. The maximum Gasteiger partial charge on any atom is 0.410 e. The van der Waals surface area contributed by atoms with Crippen LogP contribution in [0.1, 0.15) is 41.9 Å². The molecule has 33 heavy (non-hydrogen) atoms. The number of carbonyl (C=O) groups is 1. The Labute approximate surface area is 197 Å². The molecule has 3 aliphatic rings. The summed E-state index contributed by atoms with van der Waals surface area (Å²) in [6, 6.07) is 21.2. The van der Waals surface area contributed by atoms with Gasteiger partial charge in [-0.2, -0.15) is 0 Å². The van der Waals surface area contributed by atoms with Crippen LogP contribution < -0.4 is 0 Å². The van der Waals surface area contributed by atoms with Gasteiger partial charge in [0.15, 0.2) is 0 Å². The first-order valence-electron chi connectivity index (χ1n) is 11.4. The minimum atomic E-state index is -0.286. The van der Waals surface area contributed by atoms with E-state index in [9.17, 15) is 9.18 Å². The highest BCUT2D eigenvalue weighted by molar-refractivity contribution is 6.30. The fourth-order valence-electron chi connectivity index (χ4n) is 5.73. The summed E-state index contributed by atoms with van der Waals surface area (Å²) < 4.78 is 20.3. The lowest BCUT2D eigenvalue weighted by Gasteiger charge is -2.33. The van der Waals surface area contributed by atoms with Crippen LogP contribution in [0.5, 0.6) is 0 Å². The molecule has 1 fully saturated rings. The summed E-state index contributed by atoms with van der Waals surface area (Å²) in [6.45, 7) is 0.308. The van der Waals surface area contributed by atoms with Gasteiger partial charge in [0.1, 0.15) is 12.4 Å². The number of carbonyl (C=O) groups excluding carboxylic acids is 1. The molecule has 1 saturated heterocycles. The van der Waals surface area contributed by atoms with Gasteiger partial charge in [-0.05, 0) is 65.3 Å². The summed E-state index contributed by atoms with van der Waals surface area (Å²) >= 11 is 6.10. The van der Waals surface area contributed by atoms with Crippen molar-refractivity contribution in [1.29, 1.82) is 0 Å². The Balaban J connectivity index is 1.21. The second kappa shape index (κ2) is 8.03. The third-order valence-electron chi connectivity index (χ3n) is 7.22. The van der Waals surface area contributed by atoms with Crippen molar-refractivity contribution in [3.05, 3.63) is 100 Å². The van der Waals surface area contributed by atoms with Gasteiger partial charge in [-0.3, -0.25) is 4.90 Å². The van der Waals surface area contributed by atoms with Crippen LogP contribution >= 0.6 is 11.6 Å². The van der Waals surface area contributed by atoms with Crippen molar-refractivity contribution < 1.29 is 13.9 Å². The first-order valence-corrected chi connectivity index (χ1v) is 11.8. The van der Waals surface area contributed by atoms with Gasteiger partial charge in [0.25, 0.3) is 0 Å². The first-order chi connectivity index (χ1) is 16.1. The molecule has 6 rings (SSSR count). The van der Waals surface area contributed by atoms with Crippen molar-refractivity contribution in [2.45, 2.75) is 37.3 Å². The molecule has 0 N–H and O–H groups in total. The molecule has 5 heteroatoms. The molecule has 2 aliphatic heterocycles. The molecule has 1 aliphatic carbocycles. The van der Waals surface area contributed by atoms with Gasteiger partial charge in [0.05, 0.1) is 6.04 Å². The third-order valence-corrected chi connectivity index (χ3v) is 7.45. The van der Waals surface area contributed by atoms with Crippen LogP contribution in [0.15, 0.2) is 72.8 Å². The average molecular weight is 460 g/mol. The number of rotatable bonds is 3. The molecule has 3 aromatic carbocycles. The second-order valence-corrected chi connectivity index (χ2v) is 9.47. The van der Waals surface area contributed by atoms with E-state index in [4.69, 9.17) is 16.3 Å². The van der Waals surface area contributed by atoms with E-state index < -0.39 is 0 Å². The molecule has 0 aromatic heterocycles. The highest BCUT2D eigenvalue weighted by atomic mass is 35.5. The number of nitrogens with zero attached hydrogens (tertiary/aromatic N) is 1. The zero-order valence-electron chi connectivity index (χ0n) is 18.0. The standard InChI is InChI=1S/C28H23ClFNO2/c29-18-9-12-27(30)25(15-18)17-13-19-10-11-20(14-17)31(19)28(32)33-16-26-23-7-3-1-5-21(23)22-6-2-4-8-24(22)26/h1-9,12-13,15,19-20,26H,10-11,14,16H2. The molecule has 2 heterocycles. The van der Waals surface area contributed by atoms with E-state index in [0.717, 1.165) is 18.4 Å². The number of hydrogen-bond donors (Lipinski definition) is 0. The SMILES string of the molecule is O=C(OCC1c2ccccc2-c2ccccc21)N1C2C=C(c3cc(Cl)ccc3F)CC1CC2. The molecule has 2 bridgehead atoms. The number of halogens is 2. The van der Waals surface area contributed by atoms with Crippen LogP contribution in [-0.2, 0) is 4.74 Å². The molecule has 0 saturated carbocycles. The lowest BCUT2D eigenvalue weighted by atomic mass is 9.94. The summed E-state index contributed by atoms with van der Waals surface area (Å²) in [5.74, 6) is -0.241. The number of benzene rings is 3. The Morgan fingerprint density at radius 1 is 0.970 bits per heavy atom. The zero-order chi connectivity index (χ0) is 22.5. The number of hydrogen-bond acceptors (Lipinski definition) is 2. The maximum atomic E-state index is 14.4. The maximum absolute atomic E-state index is 14.4. The third kappa shape index (κ3) is 3.44. The summed E-state index contributed by atoms with van der Waals surface area (Å²) in [7, 11) is 0. The smallest absolute Gasteiger partial charge is 0.410 e. The van der Waals surface area contributed by atoms with E-state index in [2.05, 4.69) is 24.3 Å². The van der Waals surface area contributed by atoms with E-state index in [-0.39, 0.29) is 29.9 Å². The molecule has 0 spiro atoms. The fourth-order valence-corrected chi connectivity index (χ4v) is 5.90. The Hall–Kier alpha value is -3.11. The van der Waals surface area contributed by atoms with Gasteiger partial charge >= 0.3 is 6.09 Å². The van der Waals surface area contributed by atoms with E-state index in [0.29, 0.717) is 23.6 Å². The largest absolute Gasteiger partial charge is 0.448 e. The molecular formula is C28H23ClFNO2. The lowest BCUT2D eigenvalue weighted by molar-refractivity contribution is 0.0866. The highest BCUT2D eigenvalue weighted by Gasteiger charge is 2.41. The van der Waals surface area contributed by atoms with Crippen molar-refractivity contribution in [1.82, 2.24) is 4.90 Å². The molecule has 2 atom stereocenters.